The van der Waals surface area contributed by atoms with E-state index in [0.717, 1.165) is 5.56 Å². The maximum absolute atomic E-state index is 11.9. The van der Waals surface area contributed by atoms with E-state index >= 15 is 0 Å². The Labute approximate surface area is 117 Å². The number of amides is 1. The van der Waals surface area contributed by atoms with Gasteiger partial charge in [0.2, 0.25) is 5.91 Å². The summed E-state index contributed by atoms with van der Waals surface area (Å²) in [5.41, 5.74) is 5.72. The Kier molecular flexibility index (Phi) is 4.59. The number of aliphatic hydroxyl groups is 1. The molecule has 20 heavy (non-hydrogen) atoms. The lowest BCUT2D eigenvalue weighted by atomic mass is 10.0. The number of carbonyl (C=O) groups is 1. The summed E-state index contributed by atoms with van der Waals surface area (Å²) in [6, 6.07) is 5.86. The van der Waals surface area contributed by atoms with Crippen molar-refractivity contribution < 1.29 is 19.7 Å². The van der Waals surface area contributed by atoms with Crippen LogP contribution in [0.2, 0.25) is 0 Å². The van der Waals surface area contributed by atoms with Crippen LogP contribution >= 0.6 is 0 Å². The number of aromatic hydroxyl groups is 1. The van der Waals surface area contributed by atoms with E-state index in [4.69, 9.17) is 10.5 Å². The molecule has 6 heteroatoms. The number of phenolic OH excluding ortho intramolecular Hbond substituents is 1. The third-order valence-corrected chi connectivity index (χ3v) is 3.40. The zero-order chi connectivity index (χ0) is 14.6. The van der Waals surface area contributed by atoms with Gasteiger partial charge in [-0.05, 0) is 24.1 Å². The summed E-state index contributed by atoms with van der Waals surface area (Å²) in [5, 5.41) is 21.9. The van der Waals surface area contributed by atoms with Crippen molar-refractivity contribution >= 4 is 5.91 Å². The van der Waals surface area contributed by atoms with Gasteiger partial charge < -0.3 is 26.0 Å². The second-order valence-corrected chi connectivity index (χ2v) is 5.22. The van der Waals surface area contributed by atoms with Crippen LogP contribution < -0.4 is 11.1 Å². The Morgan fingerprint density at radius 3 is 2.75 bits per heavy atom. The predicted octanol–water partition coefficient (Wildman–Crippen LogP) is -0.470. The molecule has 1 aliphatic heterocycles. The average molecular weight is 280 g/mol. The van der Waals surface area contributed by atoms with Crippen LogP contribution in [0.1, 0.15) is 12.0 Å². The minimum atomic E-state index is -0.978. The van der Waals surface area contributed by atoms with Crippen LogP contribution in [0.5, 0.6) is 5.75 Å². The van der Waals surface area contributed by atoms with Gasteiger partial charge in [0, 0.05) is 19.6 Å². The first-order valence-electron chi connectivity index (χ1n) is 6.60. The van der Waals surface area contributed by atoms with Gasteiger partial charge in [0.15, 0.2) is 0 Å². The largest absolute Gasteiger partial charge is 0.508 e. The Balaban J connectivity index is 1.81. The number of hydrogen-bond acceptors (Lipinski definition) is 5. The highest BCUT2D eigenvalue weighted by Gasteiger charge is 2.32. The number of phenols is 1. The molecule has 6 nitrogen and oxygen atoms in total. The van der Waals surface area contributed by atoms with Gasteiger partial charge in [-0.2, -0.15) is 0 Å². The quantitative estimate of drug-likeness (QED) is 0.583. The Morgan fingerprint density at radius 2 is 2.15 bits per heavy atom. The Bertz CT molecular complexity index is 455. The third kappa shape index (κ3) is 3.93. The van der Waals surface area contributed by atoms with E-state index in [2.05, 4.69) is 5.32 Å². The standard InChI is InChI=1S/C14H20N2O4/c15-12(7-10-1-3-11(17)4-2-10)13(18)16-8-14(19)5-6-20-9-14/h1-4,12,17,19H,5-9,15H2,(H,16,18)/t12-,14?/m0/s1. The van der Waals surface area contributed by atoms with E-state index in [0.29, 0.717) is 19.4 Å². The molecular formula is C14H20N2O4. The van der Waals surface area contributed by atoms with Gasteiger partial charge in [0.25, 0.3) is 0 Å². The first kappa shape index (κ1) is 14.8. The zero-order valence-corrected chi connectivity index (χ0v) is 11.2. The van der Waals surface area contributed by atoms with Crippen molar-refractivity contribution in [2.45, 2.75) is 24.5 Å². The first-order valence-corrected chi connectivity index (χ1v) is 6.60. The van der Waals surface area contributed by atoms with E-state index in [1.807, 2.05) is 0 Å². The highest BCUT2D eigenvalue weighted by atomic mass is 16.5. The van der Waals surface area contributed by atoms with Gasteiger partial charge in [-0.3, -0.25) is 4.79 Å². The van der Waals surface area contributed by atoms with Crippen molar-refractivity contribution in [3.8, 4) is 5.75 Å². The predicted molar refractivity (Wildman–Crippen MR) is 73.2 cm³/mol. The van der Waals surface area contributed by atoms with E-state index < -0.39 is 11.6 Å². The molecule has 0 spiro atoms. The normalized spacial score (nSPS) is 23.5. The van der Waals surface area contributed by atoms with E-state index in [-0.39, 0.29) is 24.8 Å². The second kappa shape index (κ2) is 6.21. The highest BCUT2D eigenvalue weighted by Crippen LogP contribution is 2.17. The van der Waals surface area contributed by atoms with Gasteiger partial charge in [0.1, 0.15) is 11.4 Å². The molecule has 1 fully saturated rings. The molecule has 0 radical (unpaired) electrons. The maximum Gasteiger partial charge on any atom is 0.237 e. The molecule has 2 atom stereocenters. The molecule has 1 aromatic rings. The summed E-state index contributed by atoms with van der Waals surface area (Å²) in [6.07, 6.45) is 0.890. The van der Waals surface area contributed by atoms with Gasteiger partial charge in [-0.15, -0.1) is 0 Å². The molecule has 1 aliphatic rings. The zero-order valence-electron chi connectivity index (χ0n) is 11.2. The van der Waals surface area contributed by atoms with Crippen LogP contribution in [0.15, 0.2) is 24.3 Å². The minimum Gasteiger partial charge on any atom is -0.508 e. The molecule has 1 aromatic carbocycles. The second-order valence-electron chi connectivity index (χ2n) is 5.22. The SMILES string of the molecule is N[C@@H](Cc1ccc(O)cc1)C(=O)NCC1(O)CCOC1. The number of carbonyl (C=O) groups excluding carboxylic acids is 1. The molecule has 1 saturated heterocycles. The number of nitrogens with one attached hydrogen (secondary N) is 1. The van der Waals surface area contributed by atoms with Crippen LogP contribution in [-0.4, -0.2) is 47.5 Å². The van der Waals surface area contributed by atoms with E-state index in [1.54, 1.807) is 24.3 Å². The van der Waals surface area contributed by atoms with Crippen LogP contribution in [-0.2, 0) is 16.0 Å². The van der Waals surface area contributed by atoms with Crippen LogP contribution in [0, 0.1) is 0 Å². The fraction of sp³-hybridized carbons (Fsp3) is 0.500. The minimum absolute atomic E-state index is 0.148. The van der Waals surface area contributed by atoms with Crippen molar-refractivity contribution in [3.63, 3.8) is 0 Å². The summed E-state index contributed by atoms with van der Waals surface area (Å²) in [5.74, 6) is -0.131. The fourth-order valence-electron chi connectivity index (χ4n) is 2.10. The van der Waals surface area contributed by atoms with E-state index in [9.17, 15) is 15.0 Å². The first-order chi connectivity index (χ1) is 9.48. The molecule has 1 heterocycles. The molecule has 110 valence electrons. The van der Waals surface area contributed by atoms with Crippen molar-refractivity contribution in [1.29, 1.82) is 0 Å². The lowest BCUT2D eigenvalue weighted by Gasteiger charge is -2.22. The Hall–Kier alpha value is -1.63. The van der Waals surface area contributed by atoms with Crippen LogP contribution in [0.25, 0.3) is 0 Å². The summed E-state index contributed by atoms with van der Waals surface area (Å²) in [7, 11) is 0. The van der Waals surface area contributed by atoms with Crippen molar-refractivity contribution in [1.82, 2.24) is 5.32 Å². The molecule has 5 N–H and O–H groups in total. The molecule has 0 aromatic heterocycles. The monoisotopic (exact) mass is 280 g/mol. The number of ether oxygens (including phenoxy) is 1. The van der Waals surface area contributed by atoms with Crippen molar-refractivity contribution in [3.05, 3.63) is 29.8 Å². The lowest BCUT2D eigenvalue weighted by Crippen LogP contribution is -2.49. The molecule has 0 aliphatic carbocycles. The van der Waals surface area contributed by atoms with Crippen molar-refractivity contribution in [2.75, 3.05) is 19.8 Å². The van der Waals surface area contributed by atoms with Gasteiger partial charge >= 0.3 is 0 Å². The summed E-state index contributed by atoms with van der Waals surface area (Å²) < 4.78 is 5.10. The number of hydrogen-bond donors (Lipinski definition) is 4. The molecule has 1 unspecified atom stereocenters. The fourth-order valence-corrected chi connectivity index (χ4v) is 2.10. The summed E-state index contributed by atoms with van der Waals surface area (Å²) in [6.45, 7) is 0.890. The molecule has 0 saturated carbocycles. The summed E-state index contributed by atoms with van der Waals surface area (Å²) >= 11 is 0. The van der Waals surface area contributed by atoms with Crippen molar-refractivity contribution in [2.24, 2.45) is 5.73 Å². The molecule has 1 amide bonds. The smallest absolute Gasteiger partial charge is 0.237 e. The summed E-state index contributed by atoms with van der Waals surface area (Å²) in [4.78, 5) is 11.9. The Morgan fingerprint density at radius 1 is 1.45 bits per heavy atom. The topological polar surface area (TPSA) is 105 Å². The molecule has 0 bridgehead atoms. The number of benzene rings is 1. The van der Waals surface area contributed by atoms with E-state index in [1.165, 1.54) is 0 Å². The van der Waals surface area contributed by atoms with Gasteiger partial charge in [-0.1, -0.05) is 12.1 Å². The van der Waals surface area contributed by atoms with Gasteiger partial charge in [0.05, 0.1) is 12.6 Å². The molecular weight excluding hydrogens is 260 g/mol. The highest BCUT2D eigenvalue weighted by molar-refractivity contribution is 5.81. The lowest BCUT2D eigenvalue weighted by molar-refractivity contribution is -0.123. The number of rotatable bonds is 5. The maximum atomic E-state index is 11.9. The third-order valence-electron chi connectivity index (χ3n) is 3.40. The average Bonchev–Trinajstić information content (AvgIpc) is 2.86. The van der Waals surface area contributed by atoms with Crippen LogP contribution in [0.3, 0.4) is 0 Å². The van der Waals surface area contributed by atoms with Crippen LogP contribution in [0.4, 0.5) is 0 Å². The number of nitrogens with two attached hydrogens (primary N) is 1. The van der Waals surface area contributed by atoms with Gasteiger partial charge in [-0.25, -0.2) is 0 Å². The molecule has 2 rings (SSSR count).